The van der Waals surface area contributed by atoms with Crippen molar-refractivity contribution in [2.75, 3.05) is 16.0 Å². The van der Waals surface area contributed by atoms with Crippen molar-refractivity contribution in [3.05, 3.63) is 80.0 Å². The zero-order chi connectivity index (χ0) is 29.5. The molecule has 0 spiro atoms. The lowest BCUT2D eigenvalue weighted by Gasteiger charge is -2.42. The van der Waals surface area contributed by atoms with E-state index in [-0.39, 0.29) is 44.4 Å². The highest BCUT2D eigenvalue weighted by atomic mass is 35.5. The standard InChI is InChI=1S/C27H22Cl3N7O2S2/c1-27(2)9-17-21(18(38)10-27)20(13-5-3-6-15(28)22(13)29)14(11-31)24(32)37(17)25-35-36-26(41-25)40-12-19(39)34-16-7-4-8-33-23(16)30/h3-8,20H,9-10,12,32H2,1-2H3,(H,34,39). The van der Waals surface area contributed by atoms with Gasteiger partial charge in [0, 0.05) is 23.9 Å². The number of nitrogens with zero attached hydrogens (tertiary/aromatic N) is 5. The Balaban J connectivity index is 1.50. The number of hydrogen-bond acceptors (Lipinski definition) is 10. The molecule has 9 nitrogen and oxygen atoms in total. The van der Waals surface area contributed by atoms with E-state index >= 15 is 0 Å². The number of halogens is 3. The minimum absolute atomic E-state index is 0.0451. The highest BCUT2D eigenvalue weighted by Crippen LogP contribution is 2.52. The minimum Gasteiger partial charge on any atom is -0.384 e. The lowest BCUT2D eigenvalue weighted by molar-refractivity contribution is -0.118. The first-order valence-electron chi connectivity index (χ1n) is 12.3. The average molecular weight is 647 g/mol. The second-order valence-electron chi connectivity index (χ2n) is 10.2. The Bertz CT molecular complexity index is 1680. The number of Topliss-reactive ketones (excluding diaryl/α,β-unsaturated/α-hetero) is 1. The molecule has 14 heteroatoms. The highest BCUT2D eigenvalue weighted by Gasteiger charge is 2.46. The summed E-state index contributed by atoms with van der Waals surface area (Å²) in [7, 11) is 0. The number of rotatable bonds is 6. The SMILES string of the molecule is CC1(C)CC(=O)C2=C(C1)N(c1nnc(SCC(=O)Nc3cccnc3Cl)s1)C(N)=C(C#N)C2c1cccc(Cl)c1Cl. The van der Waals surface area contributed by atoms with E-state index in [0.717, 1.165) is 0 Å². The predicted molar refractivity (Wildman–Crippen MR) is 162 cm³/mol. The average Bonchev–Trinajstić information content (AvgIpc) is 3.37. The first-order chi connectivity index (χ1) is 19.5. The molecular formula is C27H22Cl3N7O2S2. The molecule has 0 bridgehead atoms. The van der Waals surface area contributed by atoms with Crippen LogP contribution in [0.5, 0.6) is 0 Å². The van der Waals surface area contributed by atoms with Gasteiger partial charge in [-0.05, 0) is 35.6 Å². The quantitative estimate of drug-likeness (QED) is 0.225. The fourth-order valence-corrected chi connectivity index (χ4v) is 7.19. The number of carbonyl (C=O) groups is 2. The maximum Gasteiger partial charge on any atom is 0.234 e. The van der Waals surface area contributed by atoms with Gasteiger partial charge < -0.3 is 11.1 Å². The van der Waals surface area contributed by atoms with Crippen molar-refractivity contribution < 1.29 is 9.59 Å². The molecule has 2 aromatic heterocycles. The summed E-state index contributed by atoms with van der Waals surface area (Å²) in [6.45, 7) is 4.00. The van der Waals surface area contributed by atoms with Crippen molar-refractivity contribution in [1.82, 2.24) is 15.2 Å². The second-order valence-corrected chi connectivity index (χ2v) is 13.5. The number of pyridine rings is 1. The molecule has 0 saturated carbocycles. The van der Waals surface area contributed by atoms with E-state index in [1.165, 1.54) is 29.3 Å². The first kappa shape index (κ1) is 29.4. The maximum atomic E-state index is 13.7. The highest BCUT2D eigenvalue weighted by molar-refractivity contribution is 8.01. The number of thioether (sulfide) groups is 1. The Kier molecular flexibility index (Phi) is 8.32. The lowest BCUT2D eigenvalue weighted by Crippen LogP contribution is -2.42. The van der Waals surface area contributed by atoms with Gasteiger partial charge in [0.15, 0.2) is 15.3 Å². The van der Waals surface area contributed by atoms with Crippen LogP contribution in [-0.2, 0) is 9.59 Å². The summed E-state index contributed by atoms with van der Waals surface area (Å²) in [4.78, 5) is 31.8. The fraction of sp³-hybridized carbons (Fsp3) is 0.259. The van der Waals surface area contributed by atoms with E-state index in [9.17, 15) is 14.9 Å². The van der Waals surface area contributed by atoms with Gasteiger partial charge in [0.2, 0.25) is 11.0 Å². The Labute approximate surface area is 259 Å². The minimum atomic E-state index is -0.772. The summed E-state index contributed by atoms with van der Waals surface area (Å²) in [6.07, 6.45) is 2.32. The van der Waals surface area contributed by atoms with Gasteiger partial charge in [0.25, 0.3) is 0 Å². The summed E-state index contributed by atoms with van der Waals surface area (Å²) < 4.78 is 0.502. The number of hydrogen-bond donors (Lipinski definition) is 2. The van der Waals surface area contributed by atoms with Gasteiger partial charge >= 0.3 is 0 Å². The van der Waals surface area contributed by atoms with Gasteiger partial charge in [-0.1, -0.05) is 83.9 Å². The number of amides is 1. The largest absolute Gasteiger partial charge is 0.384 e. The Morgan fingerprint density at radius 2 is 2.02 bits per heavy atom. The van der Waals surface area contributed by atoms with Crippen molar-refractivity contribution in [1.29, 1.82) is 5.26 Å². The molecule has 2 aliphatic rings. The van der Waals surface area contributed by atoms with Crippen molar-refractivity contribution in [3.63, 3.8) is 0 Å². The molecule has 1 aliphatic carbocycles. The molecule has 1 unspecified atom stereocenters. The van der Waals surface area contributed by atoms with Gasteiger partial charge in [-0.2, -0.15) is 5.26 Å². The Morgan fingerprint density at radius 3 is 2.76 bits per heavy atom. The number of carbonyl (C=O) groups excluding carboxylic acids is 2. The fourth-order valence-electron chi connectivity index (χ4n) is 4.93. The van der Waals surface area contributed by atoms with Crippen LogP contribution in [0, 0.1) is 16.7 Å². The van der Waals surface area contributed by atoms with E-state index in [1.54, 1.807) is 35.2 Å². The lowest BCUT2D eigenvalue weighted by atomic mass is 9.68. The van der Waals surface area contributed by atoms with Gasteiger partial charge in [-0.3, -0.25) is 14.5 Å². The zero-order valence-electron chi connectivity index (χ0n) is 21.7. The number of nitriles is 1. The number of anilines is 2. The summed E-state index contributed by atoms with van der Waals surface area (Å²) in [5.41, 5.74) is 8.49. The van der Waals surface area contributed by atoms with Crippen LogP contribution in [0.3, 0.4) is 0 Å². The molecule has 3 heterocycles. The molecule has 1 amide bonds. The molecule has 5 rings (SSSR count). The Hall–Kier alpha value is -3.14. The molecule has 0 saturated heterocycles. The summed E-state index contributed by atoms with van der Waals surface area (Å²) in [6, 6.07) is 10.7. The molecule has 210 valence electrons. The number of benzene rings is 1. The molecular weight excluding hydrogens is 625 g/mol. The monoisotopic (exact) mass is 645 g/mol. The normalized spacial score (nSPS) is 18.3. The second kappa shape index (κ2) is 11.6. The molecule has 3 aromatic rings. The van der Waals surface area contributed by atoms with Crippen LogP contribution in [0.25, 0.3) is 0 Å². The molecule has 0 fully saturated rings. The van der Waals surface area contributed by atoms with Crippen molar-refractivity contribution >= 4 is 80.4 Å². The summed E-state index contributed by atoms with van der Waals surface area (Å²) in [5, 5.41) is 22.7. The first-order valence-corrected chi connectivity index (χ1v) is 15.2. The third-order valence-electron chi connectivity index (χ3n) is 6.62. The smallest absolute Gasteiger partial charge is 0.234 e. The van der Waals surface area contributed by atoms with Crippen LogP contribution in [0.1, 0.15) is 38.2 Å². The zero-order valence-corrected chi connectivity index (χ0v) is 25.6. The molecule has 1 aromatic carbocycles. The van der Waals surface area contributed by atoms with E-state index in [0.29, 0.717) is 49.9 Å². The molecule has 0 radical (unpaired) electrons. The third-order valence-corrected chi connectivity index (χ3v) is 9.80. The van der Waals surface area contributed by atoms with Gasteiger partial charge in [-0.25, -0.2) is 4.98 Å². The van der Waals surface area contributed by atoms with Gasteiger partial charge in [0.1, 0.15) is 5.82 Å². The molecule has 41 heavy (non-hydrogen) atoms. The van der Waals surface area contributed by atoms with Crippen LogP contribution >= 0.6 is 57.9 Å². The van der Waals surface area contributed by atoms with Crippen LogP contribution in [0.15, 0.2) is 63.5 Å². The Morgan fingerprint density at radius 1 is 1.24 bits per heavy atom. The van der Waals surface area contributed by atoms with Crippen molar-refractivity contribution in [2.24, 2.45) is 11.1 Å². The number of ketones is 1. The number of aromatic nitrogens is 3. The summed E-state index contributed by atoms with van der Waals surface area (Å²) >= 11 is 21.3. The molecule has 3 N–H and O–H groups in total. The van der Waals surface area contributed by atoms with Crippen LogP contribution in [0.4, 0.5) is 10.8 Å². The predicted octanol–water partition coefficient (Wildman–Crippen LogP) is 6.56. The molecule has 1 aliphatic heterocycles. The van der Waals surface area contributed by atoms with Crippen LogP contribution in [0.2, 0.25) is 15.2 Å². The van der Waals surface area contributed by atoms with Crippen LogP contribution in [-0.4, -0.2) is 32.6 Å². The number of nitrogens with two attached hydrogens (primary N) is 1. The van der Waals surface area contributed by atoms with E-state index in [2.05, 4.69) is 26.6 Å². The third kappa shape index (κ3) is 5.80. The number of allylic oxidation sites excluding steroid dienone is 3. The van der Waals surface area contributed by atoms with E-state index in [4.69, 9.17) is 40.5 Å². The van der Waals surface area contributed by atoms with Gasteiger partial charge in [0.05, 0.1) is 39.0 Å². The van der Waals surface area contributed by atoms with Gasteiger partial charge in [-0.15, -0.1) is 10.2 Å². The van der Waals surface area contributed by atoms with E-state index in [1.807, 2.05) is 13.8 Å². The number of nitrogens with one attached hydrogen (secondary N) is 1. The van der Waals surface area contributed by atoms with Crippen LogP contribution < -0.4 is 16.0 Å². The van der Waals surface area contributed by atoms with Crippen molar-refractivity contribution in [2.45, 2.75) is 36.9 Å². The maximum absolute atomic E-state index is 13.7. The topological polar surface area (TPSA) is 138 Å². The van der Waals surface area contributed by atoms with Crippen molar-refractivity contribution in [3.8, 4) is 6.07 Å². The van der Waals surface area contributed by atoms with E-state index < -0.39 is 5.92 Å². The molecule has 1 atom stereocenters. The summed E-state index contributed by atoms with van der Waals surface area (Å²) in [5.74, 6) is -0.993.